The van der Waals surface area contributed by atoms with Gasteiger partial charge in [0, 0.05) is 35.2 Å². The molecule has 0 saturated carbocycles. The average molecular weight is 369 g/mol. The molecule has 6 rings (SSSR count). The lowest BCUT2D eigenvalue weighted by atomic mass is 9.83. The van der Waals surface area contributed by atoms with Gasteiger partial charge in [0.15, 0.2) is 0 Å². The van der Waals surface area contributed by atoms with E-state index in [9.17, 15) is 9.59 Å². The minimum absolute atomic E-state index is 0.205. The van der Waals surface area contributed by atoms with E-state index in [0.717, 1.165) is 46.8 Å². The molecule has 2 N–H and O–H groups in total. The summed E-state index contributed by atoms with van der Waals surface area (Å²) in [6.45, 7) is 0.952. The summed E-state index contributed by atoms with van der Waals surface area (Å²) in [5.41, 5.74) is 5.36. The number of hydrogen-bond donors (Lipinski definition) is 2. The number of benzene rings is 2. The van der Waals surface area contributed by atoms with Gasteiger partial charge in [0.05, 0.1) is 17.4 Å². The number of carbonyl (C=O) groups is 2. The number of fused-ring (bicyclic) bond motifs is 1. The van der Waals surface area contributed by atoms with E-state index in [1.807, 2.05) is 30.5 Å². The van der Waals surface area contributed by atoms with E-state index in [4.69, 9.17) is 0 Å². The predicted octanol–water partition coefficient (Wildman–Crippen LogP) is 3.59. The summed E-state index contributed by atoms with van der Waals surface area (Å²) in [5.74, 6) is -1.45. The molecule has 2 atom stereocenters. The van der Waals surface area contributed by atoms with Crippen LogP contribution in [0.4, 0.5) is 0 Å². The number of aromatic amines is 1. The number of carbonyl (C=O) groups excluding carboxylic acids is 2. The fourth-order valence-electron chi connectivity index (χ4n) is 5.10. The Kier molecular flexibility index (Phi) is 3.13. The summed E-state index contributed by atoms with van der Waals surface area (Å²) >= 11 is 0. The van der Waals surface area contributed by atoms with Crippen molar-refractivity contribution in [2.24, 2.45) is 0 Å². The number of nitrogens with zero attached hydrogens (tertiary/aromatic N) is 1. The Morgan fingerprint density at radius 3 is 2.57 bits per heavy atom. The van der Waals surface area contributed by atoms with Gasteiger partial charge in [-0.1, -0.05) is 36.4 Å². The molecule has 4 aromatic rings. The lowest BCUT2D eigenvalue weighted by molar-refractivity contribution is -0.125. The molecule has 0 spiro atoms. The molecule has 0 aliphatic carbocycles. The maximum Gasteiger partial charge on any atom is 0.235 e. The maximum absolute atomic E-state index is 12.9. The number of imide groups is 1. The smallest absolute Gasteiger partial charge is 0.235 e. The van der Waals surface area contributed by atoms with Gasteiger partial charge in [-0.25, -0.2) is 0 Å². The number of para-hydroxylation sites is 2. The number of hydrogen-bond acceptors (Lipinski definition) is 2. The number of rotatable bonds is 2. The van der Waals surface area contributed by atoms with Crippen molar-refractivity contribution < 1.29 is 9.59 Å². The lowest BCUT2D eigenvalue weighted by Crippen LogP contribution is -2.21. The normalized spacial score (nSPS) is 21.6. The standard InChI is InChI=1S/C23H19N3O2/c27-22-19(16-11-24-18-9-2-1-7-14(16)18)20(23(28)25-22)17-12-26-10-4-6-13-5-3-8-15(17)21(13)26/h1-3,5,7-9,11-12,19-20,24H,4,6,10H2,(H,25,27,28)/t19-,20?/m0/s1. The topological polar surface area (TPSA) is 66.9 Å². The minimum atomic E-state index is -0.521. The second-order valence-electron chi connectivity index (χ2n) is 7.79. The van der Waals surface area contributed by atoms with Crippen molar-refractivity contribution in [1.82, 2.24) is 14.9 Å². The third kappa shape index (κ3) is 2.01. The molecule has 2 aromatic heterocycles. The Hall–Kier alpha value is -3.34. The highest BCUT2D eigenvalue weighted by atomic mass is 16.2. The van der Waals surface area contributed by atoms with E-state index in [-0.39, 0.29) is 11.8 Å². The van der Waals surface area contributed by atoms with Crippen molar-refractivity contribution in [3.63, 3.8) is 0 Å². The molecule has 28 heavy (non-hydrogen) atoms. The number of amides is 2. The fourth-order valence-corrected chi connectivity index (χ4v) is 5.10. The second-order valence-corrected chi connectivity index (χ2v) is 7.79. The fraction of sp³-hybridized carbons (Fsp3) is 0.217. The van der Waals surface area contributed by atoms with E-state index >= 15 is 0 Å². The highest BCUT2D eigenvalue weighted by Gasteiger charge is 2.45. The van der Waals surface area contributed by atoms with Crippen LogP contribution in [0.5, 0.6) is 0 Å². The summed E-state index contributed by atoms with van der Waals surface area (Å²) in [6.07, 6.45) is 6.13. The molecular weight excluding hydrogens is 350 g/mol. The molecule has 4 heterocycles. The minimum Gasteiger partial charge on any atom is -0.361 e. The highest BCUT2D eigenvalue weighted by Crippen LogP contribution is 2.44. The zero-order chi connectivity index (χ0) is 18.8. The first-order valence-electron chi connectivity index (χ1n) is 9.74. The van der Waals surface area contributed by atoms with Gasteiger partial charge in [-0.3, -0.25) is 14.9 Å². The van der Waals surface area contributed by atoms with Crippen LogP contribution in [0.1, 0.15) is 34.9 Å². The Bertz CT molecular complexity index is 1280. The zero-order valence-electron chi connectivity index (χ0n) is 15.2. The summed E-state index contributed by atoms with van der Waals surface area (Å²) in [4.78, 5) is 29.0. The van der Waals surface area contributed by atoms with E-state index in [2.05, 4.69) is 39.3 Å². The van der Waals surface area contributed by atoms with Crippen molar-refractivity contribution in [2.45, 2.75) is 31.2 Å². The number of H-pyrrole nitrogens is 1. The van der Waals surface area contributed by atoms with Crippen LogP contribution < -0.4 is 5.32 Å². The summed E-state index contributed by atoms with van der Waals surface area (Å²) in [5, 5.41) is 4.68. The SMILES string of the molecule is O=C1NC(=O)[C@@H](c2c[nH]c3ccccc23)C1c1cn2c3c(cccc13)CCC2. The molecule has 2 aromatic carbocycles. The molecule has 1 fully saturated rings. The van der Waals surface area contributed by atoms with Gasteiger partial charge in [-0.05, 0) is 35.6 Å². The molecule has 138 valence electrons. The largest absolute Gasteiger partial charge is 0.361 e. The highest BCUT2D eigenvalue weighted by molar-refractivity contribution is 6.13. The van der Waals surface area contributed by atoms with Crippen LogP contribution in [0.15, 0.2) is 54.9 Å². The lowest BCUT2D eigenvalue weighted by Gasteiger charge is -2.15. The Balaban J connectivity index is 1.58. The Morgan fingerprint density at radius 2 is 1.68 bits per heavy atom. The molecule has 2 aliphatic heterocycles. The van der Waals surface area contributed by atoms with Crippen LogP contribution in [0.25, 0.3) is 21.8 Å². The Morgan fingerprint density at radius 1 is 0.893 bits per heavy atom. The molecule has 1 unspecified atom stereocenters. The molecule has 1 saturated heterocycles. The van der Waals surface area contributed by atoms with Crippen LogP contribution in [0.3, 0.4) is 0 Å². The molecular formula is C23H19N3O2. The van der Waals surface area contributed by atoms with Crippen molar-refractivity contribution in [3.8, 4) is 0 Å². The van der Waals surface area contributed by atoms with Crippen molar-refractivity contribution in [1.29, 1.82) is 0 Å². The predicted molar refractivity (Wildman–Crippen MR) is 107 cm³/mol. The van der Waals surface area contributed by atoms with E-state index in [1.54, 1.807) is 0 Å². The first-order chi connectivity index (χ1) is 13.7. The molecule has 5 nitrogen and oxygen atoms in total. The van der Waals surface area contributed by atoms with Gasteiger partial charge in [-0.15, -0.1) is 0 Å². The third-order valence-electron chi connectivity index (χ3n) is 6.29. The van der Waals surface area contributed by atoms with Gasteiger partial charge in [0.1, 0.15) is 0 Å². The van der Waals surface area contributed by atoms with Crippen LogP contribution in [-0.2, 0) is 22.6 Å². The van der Waals surface area contributed by atoms with E-state index in [0.29, 0.717) is 0 Å². The summed E-state index contributed by atoms with van der Waals surface area (Å²) < 4.78 is 2.26. The van der Waals surface area contributed by atoms with E-state index in [1.165, 1.54) is 11.1 Å². The number of aromatic nitrogens is 2. The van der Waals surface area contributed by atoms with E-state index < -0.39 is 11.8 Å². The molecule has 2 amide bonds. The molecule has 5 heteroatoms. The quantitative estimate of drug-likeness (QED) is 0.530. The van der Waals surface area contributed by atoms with Gasteiger partial charge in [-0.2, -0.15) is 0 Å². The van der Waals surface area contributed by atoms with Gasteiger partial charge in [0.25, 0.3) is 0 Å². The van der Waals surface area contributed by atoms with Crippen molar-refractivity contribution >= 4 is 33.6 Å². The first-order valence-corrected chi connectivity index (χ1v) is 9.74. The zero-order valence-corrected chi connectivity index (χ0v) is 15.2. The molecule has 2 aliphatic rings. The van der Waals surface area contributed by atoms with Crippen LogP contribution in [0.2, 0.25) is 0 Å². The number of nitrogens with one attached hydrogen (secondary N) is 2. The van der Waals surface area contributed by atoms with Gasteiger partial charge < -0.3 is 9.55 Å². The van der Waals surface area contributed by atoms with Crippen molar-refractivity contribution in [3.05, 3.63) is 71.5 Å². The monoisotopic (exact) mass is 369 g/mol. The molecule has 0 bridgehead atoms. The van der Waals surface area contributed by atoms with Gasteiger partial charge in [0.2, 0.25) is 11.8 Å². The van der Waals surface area contributed by atoms with Crippen LogP contribution >= 0.6 is 0 Å². The maximum atomic E-state index is 12.9. The second kappa shape index (κ2) is 5.58. The first kappa shape index (κ1) is 15.7. The average Bonchev–Trinajstić information content (AvgIpc) is 3.37. The van der Waals surface area contributed by atoms with Crippen molar-refractivity contribution in [2.75, 3.05) is 0 Å². The van der Waals surface area contributed by atoms with Crippen LogP contribution in [-0.4, -0.2) is 21.4 Å². The Labute approximate surface area is 161 Å². The number of aryl methyl sites for hydroxylation is 2. The van der Waals surface area contributed by atoms with Crippen LogP contribution in [0, 0.1) is 0 Å². The van der Waals surface area contributed by atoms with Gasteiger partial charge >= 0.3 is 0 Å². The summed E-state index contributed by atoms with van der Waals surface area (Å²) in [7, 11) is 0. The summed E-state index contributed by atoms with van der Waals surface area (Å²) in [6, 6.07) is 14.2. The third-order valence-corrected chi connectivity index (χ3v) is 6.29. The molecule has 0 radical (unpaired) electrons.